The van der Waals surface area contributed by atoms with Crippen molar-refractivity contribution in [2.45, 2.75) is 64.4 Å². The van der Waals surface area contributed by atoms with E-state index in [1.54, 1.807) is 0 Å². The fourth-order valence-corrected chi connectivity index (χ4v) is 2.16. The van der Waals surface area contributed by atoms with Gasteiger partial charge in [-0.3, -0.25) is 0 Å². The van der Waals surface area contributed by atoms with Gasteiger partial charge in [-0.25, -0.2) is 0 Å². The zero-order valence-electron chi connectivity index (χ0n) is 11.7. The summed E-state index contributed by atoms with van der Waals surface area (Å²) >= 11 is 0. The van der Waals surface area contributed by atoms with Crippen LogP contribution in [0.5, 0.6) is 0 Å². The van der Waals surface area contributed by atoms with Gasteiger partial charge in [-0.2, -0.15) is 0 Å². The van der Waals surface area contributed by atoms with Crippen molar-refractivity contribution in [1.82, 2.24) is 0 Å². The van der Waals surface area contributed by atoms with Crippen molar-refractivity contribution in [1.29, 1.82) is 0 Å². The molecule has 1 aromatic rings. The molecule has 0 radical (unpaired) electrons. The lowest BCUT2D eigenvalue weighted by Gasteiger charge is -2.23. The molecule has 1 heteroatoms. The molecule has 1 aliphatic carbocycles. The number of aliphatic hydroxyl groups is 1. The summed E-state index contributed by atoms with van der Waals surface area (Å²) in [5.74, 6) is 0.512. The normalized spacial score (nSPS) is 18.5. The van der Waals surface area contributed by atoms with E-state index >= 15 is 0 Å². The Bertz CT molecular complexity index is 396. The molecule has 0 amide bonds. The van der Waals surface area contributed by atoms with Gasteiger partial charge >= 0.3 is 0 Å². The molecule has 0 aliphatic heterocycles. The summed E-state index contributed by atoms with van der Waals surface area (Å²) in [5.41, 5.74) is 3.41. The first-order valence-electron chi connectivity index (χ1n) is 6.61. The summed E-state index contributed by atoms with van der Waals surface area (Å²) in [6.45, 7) is 10.5. The van der Waals surface area contributed by atoms with E-state index in [-0.39, 0.29) is 0 Å². The summed E-state index contributed by atoms with van der Waals surface area (Å²) in [4.78, 5) is 0. The Morgan fingerprint density at radius 2 is 1.76 bits per heavy atom. The third-order valence-corrected chi connectivity index (χ3v) is 4.03. The molecule has 94 valence electrons. The van der Waals surface area contributed by atoms with Crippen molar-refractivity contribution >= 4 is 0 Å². The van der Waals surface area contributed by atoms with Crippen LogP contribution in [-0.2, 0) is 11.0 Å². The van der Waals surface area contributed by atoms with Crippen LogP contribution in [0.1, 0.15) is 70.1 Å². The van der Waals surface area contributed by atoms with E-state index in [2.05, 4.69) is 39.0 Å². The topological polar surface area (TPSA) is 20.2 Å². The number of benzene rings is 1. The first-order valence-corrected chi connectivity index (χ1v) is 6.61. The molecule has 1 fully saturated rings. The van der Waals surface area contributed by atoms with Crippen LogP contribution in [0.4, 0.5) is 0 Å². The molecular formula is C16H24O. The largest absolute Gasteiger partial charge is 0.386 e. The van der Waals surface area contributed by atoms with E-state index in [1.165, 1.54) is 24.0 Å². The zero-order valence-corrected chi connectivity index (χ0v) is 11.7. The molecule has 2 rings (SSSR count). The first kappa shape index (κ1) is 12.6. The third kappa shape index (κ3) is 2.55. The average molecular weight is 232 g/mol. The highest BCUT2D eigenvalue weighted by Gasteiger charge is 2.39. The highest BCUT2D eigenvalue weighted by Crippen LogP contribution is 2.48. The molecule has 0 atom stereocenters. The van der Waals surface area contributed by atoms with Crippen LogP contribution in [0, 0.1) is 0 Å². The maximum absolute atomic E-state index is 10.2. The van der Waals surface area contributed by atoms with Crippen molar-refractivity contribution in [3.05, 3.63) is 34.9 Å². The number of hydrogen-bond donors (Lipinski definition) is 1. The Balaban J connectivity index is 2.51. The summed E-state index contributed by atoms with van der Waals surface area (Å²) in [6, 6.07) is 6.67. The second-order valence-corrected chi connectivity index (χ2v) is 6.62. The van der Waals surface area contributed by atoms with Gasteiger partial charge in [0, 0.05) is 0 Å². The van der Waals surface area contributed by atoms with Gasteiger partial charge in [0.15, 0.2) is 0 Å². The minimum Gasteiger partial charge on any atom is -0.386 e. The van der Waals surface area contributed by atoms with Crippen LogP contribution in [0.25, 0.3) is 0 Å². The molecule has 0 saturated heterocycles. The second-order valence-electron chi connectivity index (χ2n) is 6.62. The van der Waals surface area contributed by atoms with Crippen LogP contribution in [0.15, 0.2) is 18.2 Å². The van der Waals surface area contributed by atoms with Crippen LogP contribution < -0.4 is 0 Å². The van der Waals surface area contributed by atoms with E-state index < -0.39 is 5.60 Å². The number of rotatable bonds is 3. The quantitative estimate of drug-likeness (QED) is 0.832. The van der Waals surface area contributed by atoms with Crippen LogP contribution in [0.2, 0.25) is 0 Å². The van der Waals surface area contributed by atoms with E-state index in [4.69, 9.17) is 0 Å². The molecule has 0 heterocycles. The minimum absolute atomic E-state index is 0.366. The third-order valence-electron chi connectivity index (χ3n) is 4.03. The summed E-state index contributed by atoms with van der Waals surface area (Å²) < 4.78 is 0. The lowest BCUT2D eigenvalue weighted by Crippen LogP contribution is -2.17. The van der Waals surface area contributed by atoms with Crippen LogP contribution in [0.3, 0.4) is 0 Å². The van der Waals surface area contributed by atoms with Gasteiger partial charge in [0.25, 0.3) is 0 Å². The highest BCUT2D eigenvalue weighted by molar-refractivity contribution is 5.40. The van der Waals surface area contributed by atoms with Crippen molar-refractivity contribution in [2.24, 2.45) is 0 Å². The Labute approximate surface area is 105 Å². The Morgan fingerprint density at radius 3 is 2.18 bits per heavy atom. The predicted molar refractivity (Wildman–Crippen MR) is 72.4 cm³/mol. The van der Waals surface area contributed by atoms with Crippen LogP contribution in [-0.4, -0.2) is 5.11 Å². The van der Waals surface area contributed by atoms with Gasteiger partial charge in [-0.05, 0) is 54.7 Å². The average Bonchev–Trinajstić information content (AvgIpc) is 2.96. The lowest BCUT2D eigenvalue weighted by atomic mass is 9.86. The van der Waals surface area contributed by atoms with Gasteiger partial charge in [-0.15, -0.1) is 0 Å². The molecule has 1 aliphatic rings. The molecule has 0 bridgehead atoms. The van der Waals surface area contributed by atoms with E-state index in [1.807, 2.05) is 13.8 Å². The first-order chi connectivity index (χ1) is 7.72. The molecule has 1 nitrogen and oxygen atoms in total. The van der Waals surface area contributed by atoms with E-state index in [9.17, 15) is 5.11 Å². The maximum atomic E-state index is 10.2. The van der Waals surface area contributed by atoms with Crippen molar-refractivity contribution in [3.63, 3.8) is 0 Å². The van der Waals surface area contributed by atoms with Gasteiger partial charge in [0.1, 0.15) is 0 Å². The zero-order chi connectivity index (χ0) is 12.8. The smallest absolute Gasteiger partial charge is 0.0840 e. The van der Waals surface area contributed by atoms with Gasteiger partial charge in [0.2, 0.25) is 0 Å². The second kappa shape index (κ2) is 3.84. The lowest BCUT2D eigenvalue weighted by molar-refractivity contribution is 0.0784. The predicted octanol–water partition coefficient (Wildman–Crippen LogP) is 4.09. The van der Waals surface area contributed by atoms with Gasteiger partial charge in [-0.1, -0.05) is 39.0 Å². The highest BCUT2D eigenvalue weighted by atomic mass is 16.3. The van der Waals surface area contributed by atoms with E-state index in [0.717, 1.165) is 5.56 Å². The molecule has 1 aromatic carbocycles. The molecule has 0 aromatic heterocycles. The van der Waals surface area contributed by atoms with Crippen molar-refractivity contribution < 1.29 is 5.11 Å². The molecule has 17 heavy (non-hydrogen) atoms. The maximum Gasteiger partial charge on any atom is 0.0840 e. The summed E-state index contributed by atoms with van der Waals surface area (Å²) in [5, 5.41) is 10.2. The van der Waals surface area contributed by atoms with Gasteiger partial charge < -0.3 is 5.11 Å². The standard InChI is InChI=1S/C16H24O/c1-11(2)12-8-13(15(3,4)17)10-14(9-12)16(5)6-7-16/h8-11,17H,6-7H2,1-5H3. The minimum atomic E-state index is -0.745. The molecule has 0 unspecified atom stereocenters. The number of hydrogen-bond acceptors (Lipinski definition) is 1. The Kier molecular flexibility index (Phi) is 2.86. The summed E-state index contributed by atoms with van der Waals surface area (Å²) in [6.07, 6.45) is 2.56. The molecule has 1 saturated carbocycles. The summed E-state index contributed by atoms with van der Waals surface area (Å²) in [7, 11) is 0. The molecule has 1 N–H and O–H groups in total. The SMILES string of the molecule is CC(C)c1cc(C(C)(C)O)cc(C2(C)CC2)c1. The molecule has 0 spiro atoms. The molecular weight excluding hydrogens is 208 g/mol. The van der Waals surface area contributed by atoms with E-state index in [0.29, 0.717) is 11.3 Å². The van der Waals surface area contributed by atoms with Crippen molar-refractivity contribution in [3.8, 4) is 0 Å². The Hall–Kier alpha value is -0.820. The van der Waals surface area contributed by atoms with Crippen LogP contribution >= 0.6 is 0 Å². The monoisotopic (exact) mass is 232 g/mol. The van der Waals surface area contributed by atoms with Crippen molar-refractivity contribution in [2.75, 3.05) is 0 Å². The fraction of sp³-hybridized carbons (Fsp3) is 0.625. The van der Waals surface area contributed by atoms with Gasteiger partial charge in [0.05, 0.1) is 5.60 Å². The Morgan fingerprint density at radius 1 is 1.18 bits per heavy atom. The fourth-order valence-electron chi connectivity index (χ4n) is 2.16.